The normalized spacial score (nSPS) is 13.9. The van der Waals surface area contributed by atoms with Crippen molar-refractivity contribution < 1.29 is 37.6 Å². The molecule has 0 aromatic carbocycles. The second kappa shape index (κ2) is 42.4. The van der Waals surface area contributed by atoms with Crippen LogP contribution in [0.1, 0.15) is 201 Å². The van der Waals surface area contributed by atoms with E-state index in [0.29, 0.717) is 6.42 Å². The number of hydrogen-bond donors (Lipinski definition) is 1. The molecule has 0 aliphatic carbocycles. The number of unbranched alkanes of at least 4 members (excludes halogenated alkanes) is 19. The van der Waals surface area contributed by atoms with Gasteiger partial charge in [-0.25, -0.2) is 4.57 Å². The zero-order valence-electron chi connectivity index (χ0n) is 36.0. The molecule has 324 valence electrons. The Labute approximate surface area is 343 Å². The minimum Gasteiger partial charge on any atom is -0.462 e. The van der Waals surface area contributed by atoms with Gasteiger partial charge in [0.25, 0.3) is 0 Å². The summed E-state index contributed by atoms with van der Waals surface area (Å²) in [5.41, 5.74) is 0. The van der Waals surface area contributed by atoms with Crippen molar-refractivity contribution in [2.75, 3.05) is 19.8 Å². The Balaban J connectivity index is 4.04. The number of carbonyl (C=O) groups is 2. The van der Waals surface area contributed by atoms with Crippen LogP contribution in [0.25, 0.3) is 0 Å². The monoisotopic (exact) mass is 807 g/mol. The van der Waals surface area contributed by atoms with Gasteiger partial charge in [-0.2, -0.15) is 0 Å². The van der Waals surface area contributed by atoms with Crippen LogP contribution in [-0.4, -0.2) is 42.8 Å². The highest BCUT2D eigenvalue weighted by molar-refractivity contribution is 7.47. The minimum atomic E-state index is -4.30. The van der Waals surface area contributed by atoms with Crippen LogP contribution >= 0.6 is 7.82 Å². The van der Waals surface area contributed by atoms with E-state index in [1.165, 1.54) is 116 Å². The SMILES string of the molecule is CC/C=C\C/C=C\C/C=C\C/C=C\CCC(=O)OC(COC(=O)CCCCCCCCCCCCC/C=C\CCCCCCCCCC)COP(=O)(O)OCC. The Bertz CT molecular complexity index is 1100. The third-order valence-electron chi connectivity index (χ3n) is 9.32. The average molecular weight is 807 g/mol. The Morgan fingerprint density at radius 2 is 0.946 bits per heavy atom. The maximum atomic E-state index is 12.5. The lowest BCUT2D eigenvalue weighted by Crippen LogP contribution is -2.29. The van der Waals surface area contributed by atoms with E-state index >= 15 is 0 Å². The summed E-state index contributed by atoms with van der Waals surface area (Å²) < 4.78 is 32.5. The van der Waals surface area contributed by atoms with Gasteiger partial charge in [-0.15, -0.1) is 0 Å². The third-order valence-corrected chi connectivity index (χ3v) is 10.4. The zero-order chi connectivity index (χ0) is 41.1. The molecule has 0 aliphatic heterocycles. The van der Waals surface area contributed by atoms with E-state index in [1.54, 1.807) is 6.92 Å². The van der Waals surface area contributed by atoms with E-state index in [1.807, 2.05) is 12.2 Å². The first-order valence-corrected chi connectivity index (χ1v) is 24.1. The molecule has 0 aliphatic rings. The van der Waals surface area contributed by atoms with Crippen LogP contribution < -0.4 is 0 Å². The summed E-state index contributed by atoms with van der Waals surface area (Å²) in [5.74, 6) is -0.893. The highest BCUT2D eigenvalue weighted by Gasteiger charge is 2.25. The van der Waals surface area contributed by atoms with Gasteiger partial charge in [-0.05, 0) is 71.1 Å². The van der Waals surface area contributed by atoms with E-state index in [-0.39, 0.29) is 32.0 Å². The highest BCUT2D eigenvalue weighted by Crippen LogP contribution is 2.43. The van der Waals surface area contributed by atoms with Crippen LogP contribution in [0, 0.1) is 0 Å². The van der Waals surface area contributed by atoms with Gasteiger partial charge in [0.1, 0.15) is 6.61 Å². The molecular weight excluding hydrogens is 723 g/mol. The second-order valence-electron chi connectivity index (χ2n) is 14.7. The number of esters is 2. The summed E-state index contributed by atoms with van der Waals surface area (Å²) in [5, 5.41) is 0. The Kier molecular flexibility index (Phi) is 40.7. The lowest BCUT2D eigenvalue weighted by atomic mass is 10.0. The Morgan fingerprint density at radius 1 is 0.500 bits per heavy atom. The molecule has 0 amide bonds. The summed E-state index contributed by atoms with van der Waals surface area (Å²) in [6.45, 7) is 5.28. The first kappa shape index (κ1) is 53.8. The fraction of sp³-hybridized carbons (Fsp3) is 0.745. The van der Waals surface area contributed by atoms with Crippen LogP contribution in [0.5, 0.6) is 0 Å². The van der Waals surface area contributed by atoms with Crippen LogP contribution in [-0.2, 0) is 32.7 Å². The standard InChI is InChI=1S/C47H83O8P/c1-4-7-9-11-13-15-17-19-20-21-22-23-24-25-26-27-28-30-31-33-35-37-39-41-46(48)52-43-45(44-54-56(50,51)53-6-3)55-47(49)42-40-38-36-34-32-29-18-16-14-12-10-8-5-2/h8,10,14,16,21-22,29,32,36,38,45H,4-7,9,11-13,15,17-20,23-28,30-31,33-35,37,39-44H2,1-3H3,(H,50,51)/b10-8-,16-14-,22-21-,32-29-,38-36-. The molecule has 0 spiro atoms. The largest absolute Gasteiger partial charge is 0.472 e. The topological polar surface area (TPSA) is 108 Å². The summed E-state index contributed by atoms with van der Waals surface area (Å²) in [7, 11) is -4.30. The van der Waals surface area contributed by atoms with Crippen molar-refractivity contribution in [2.45, 2.75) is 207 Å². The Hall–Kier alpha value is -2.25. The number of ether oxygens (including phenoxy) is 2. The lowest BCUT2D eigenvalue weighted by Gasteiger charge is -2.19. The van der Waals surface area contributed by atoms with Crippen LogP contribution in [0.4, 0.5) is 0 Å². The van der Waals surface area contributed by atoms with Gasteiger partial charge in [-0.3, -0.25) is 18.6 Å². The van der Waals surface area contributed by atoms with Gasteiger partial charge in [0, 0.05) is 12.8 Å². The first-order valence-electron chi connectivity index (χ1n) is 22.6. The Morgan fingerprint density at radius 3 is 1.45 bits per heavy atom. The van der Waals surface area contributed by atoms with Crippen LogP contribution in [0.3, 0.4) is 0 Å². The molecule has 0 rings (SSSR count). The van der Waals surface area contributed by atoms with E-state index in [2.05, 4.69) is 62.5 Å². The summed E-state index contributed by atoms with van der Waals surface area (Å²) >= 11 is 0. The molecule has 56 heavy (non-hydrogen) atoms. The van der Waals surface area contributed by atoms with Gasteiger partial charge in [0.2, 0.25) is 0 Å². The van der Waals surface area contributed by atoms with Crippen molar-refractivity contribution in [2.24, 2.45) is 0 Å². The molecule has 0 bridgehead atoms. The third kappa shape index (κ3) is 41.4. The second-order valence-corrected chi connectivity index (χ2v) is 16.1. The van der Waals surface area contributed by atoms with Crippen molar-refractivity contribution in [3.63, 3.8) is 0 Å². The molecule has 0 aromatic heterocycles. The molecule has 9 heteroatoms. The molecule has 0 aromatic rings. The molecule has 0 heterocycles. The molecular formula is C47H83O8P. The van der Waals surface area contributed by atoms with Crippen molar-refractivity contribution >= 4 is 19.8 Å². The quantitative estimate of drug-likeness (QED) is 0.0282. The number of phosphoric acid groups is 1. The predicted octanol–water partition coefficient (Wildman–Crippen LogP) is 14.3. The molecule has 0 saturated carbocycles. The molecule has 0 radical (unpaired) electrons. The summed E-state index contributed by atoms with van der Waals surface area (Å²) in [4.78, 5) is 34.7. The highest BCUT2D eigenvalue weighted by atomic mass is 31.2. The van der Waals surface area contributed by atoms with E-state index < -0.39 is 26.5 Å². The zero-order valence-corrected chi connectivity index (χ0v) is 36.9. The maximum Gasteiger partial charge on any atom is 0.472 e. The minimum absolute atomic E-state index is 0.0141. The van der Waals surface area contributed by atoms with Crippen molar-refractivity contribution in [3.05, 3.63) is 60.8 Å². The fourth-order valence-corrected chi connectivity index (χ4v) is 6.81. The number of rotatable bonds is 41. The lowest BCUT2D eigenvalue weighted by molar-refractivity contribution is -0.161. The molecule has 0 fully saturated rings. The van der Waals surface area contributed by atoms with E-state index in [4.69, 9.17) is 18.5 Å². The summed E-state index contributed by atoms with van der Waals surface area (Å²) in [6.07, 6.45) is 51.7. The van der Waals surface area contributed by atoms with E-state index in [0.717, 1.165) is 44.9 Å². The van der Waals surface area contributed by atoms with Crippen LogP contribution in [0.2, 0.25) is 0 Å². The molecule has 0 saturated heterocycles. The van der Waals surface area contributed by atoms with Crippen molar-refractivity contribution in [3.8, 4) is 0 Å². The van der Waals surface area contributed by atoms with Gasteiger partial charge in [0.15, 0.2) is 6.10 Å². The average Bonchev–Trinajstić information content (AvgIpc) is 3.18. The number of phosphoric ester groups is 1. The van der Waals surface area contributed by atoms with Crippen LogP contribution in [0.15, 0.2) is 60.8 Å². The smallest absolute Gasteiger partial charge is 0.462 e. The molecule has 2 unspecified atom stereocenters. The van der Waals surface area contributed by atoms with Gasteiger partial charge in [-0.1, -0.05) is 177 Å². The number of hydrogen-bond acceptors (Lipinski definition) is 7. The maximum absolute atomic E-state index is 12.5. The van der Waals surface area contributed by atoms with Crippen molar-refractivity contribution in [1.82, 2.24) is 0 Å². The molecule has 8 nitrogen and oxygen atoms in total. The van der Waals surface area contributed by atoms with Gasteiger partial charge < -0.3 is 14.4 Å². The molecule has 1 N–H and O–H groups in total. The predicted molar refractivity (Wildman–Crippen MR) is 235 cm³/mol. The van der Waals surface area contributed by atoms with Gasteiger partial charge in [0.05, 0.1) is 13.2 Å². The van der Waals surface area contributed by atoms with Gasteiger partial charge >= 0.3 is 19.8 Å². The fourth-order valence-electron chi connectivity index (χ4n) is 6.05. The number of carbonyl (C=O) groups excluding carboxylic acids is 2. The van der Waals surface area contributed by atoms with E-state index in [9.17, 15) is 19.0 Å². The summed E-state index contributed by atoms with van der Waals surface area (Å²) in [6, 6.07) is 0. The first-order chi connectivity index (χ1) is 27.3. The molecule has 2 atom stereocenters. The number of allylic oxidation sites excluding steroid dienone is 10. The van der Waals surface area contributed by atoms with Crippen molar-refractivity contribution in [1.29, 1.82) is 0 Å².